The van der Waals surface area contributed by atoms with Gasteiger partial charge in [-0.3, -0.25) is 0 Å². The molecule has 0 spiro atoms. The molecule has 1 heterocycles. The predicted molar refractivity (Wildman–Crippen MR) is 66.2 cm³/mol. The molecule has 16 heavy (non-hydrogen) atoms. The van der Waals surface area contributed by atoms with Crippen LogP contribution in [0.15, 0.2) is 24.3 Å². The normalized spacial score (nSPS) is 24.6. The third kappa shape index (κ3) is 2.88. The monoisotopic (exact) mass is 243 g/mol. The van der Waals surface area contributed by atoms with Crippen LogP contribution in [0, 0.1) is 0 Å². The largest absolute Gasteiger partial charge is 0.497 e. The molecule has 3 nitrogen and oxygen atoms in total. The fraction of sp³-hybridized carbons (Fsp3) is 0.500. The zero-order chi connectivity index (χ0) is 10.7. The van der Waals surface area contributed by atoms with Gasteiger partial charge in [0.05, 0.1) is 19.3 Å². The first-order chi connectivity index (χ1) is 7.31. The molecular weight excluding hydrogens is 226 g/mol. The van der Waals surface area contributed by atoms with Crippen LogP contribution in [0.1, 0.15) is 24.4 Å². The van der Waals surface area contributed by atoms with Gasteiger partial charge < -0.3 is 15.2 Å². The summed E-state index contributed by atoms with van der Waals surface area (Å²) in [5.74, 6) is 0.851. The molecule has 0 aromatic heterocycles. The molecule has 0 radical (unpaired) electrons. The molecule has 0 saturated carbocycles. The lowest BCUT2D eigenvalue weighted by Gasteiger charge is -2.29. The maximum atomic E-state index is 9.86. The van der Waals surface area contributed by atoms with E-state index in [2.05, 4.69) is 5.32 Å². The number of hydrogen-bond acceptors (Lipinski definition) is 3. The van der Waals surface area contributed by atoms with Gasteiger partial charge in [-0.1, -0.05) is 12.1 Å². The number of methoxy groups -OCH3 is 1. The smallest absolute Gasteiger partial charge is 0.118 e. The summed E-state index contributed by atoms with van der Waals surface area (Å²) in [5, 5.41) is 13.2. The van der Waals surface area contributed by atoms with E-state index in [9.17, 15) is 5.11 Å². The predicted octanol–water partition coefficient (Wildman–Crippen LogP) is 1.90. The van der Waals surface area contributed by atoms with Crippen molar-refractivity contribution in [3.63, 3.8) is 0 Å². The molecule has 1 aromatic carbocycles. The van der Waals surface area contributed by atoms with Crippen LogP contribution in [0.4, 0.5) is 0 Å². The number of nitrogens with one attached hydrogen (secondary N) is 1. The molecule has 1 saturated heterocycles. The van der Waals surface area contributed by atoms with Crippen LogP contribution in [0.5, 0.6) is 5.75 Å². The summed E-state index contributed by atoms with van der Waals surface area (Å²) in [6.07, 6.45) is 1.66. The fourth-order valence-electron chi connectivity index (χ4n) is 2.02. The highest BCUT2D eigenvalue weighted by molar-refractivity contribution is 5.85. The van der Waals surface area contributed by atoms with Gasteiger partial charge in [-0.25, -0.2) is 0 Å². The molecule has 0 amide bonds. The van der Waals surface area contributed by atoms with E-state index in [1.807, 2.05) is 24.3 Å². The zero-order valence-electron chi connectivity index (χ0n) is 9.35. The van der Waals surface area contributed by atoms with Crippen molar-refractivity contribution in [3.8, 4) is 5.75 Å². The number of rotatable bonds is 2. The molecule has 2 rings (SSSR count). The van der Waals surface area contributed by atoms with Crippen LogP contribution in [-0.2, 0) is 0 Å². The number of piperidine rings is 1. The van der Waals surface area contributed by atoms with E-state index in [-0.39, 0.29) is 24.6 Å². The van der Waals surface area contributed by atoms with Gasteiger partial charge in [0, 0.05) is 0 Å². The fourth-order valence-corrected chi connectivity index (χ4v) is 2.02. The van der Waals surface area contributed by atoms with Crippen molar-refractivity contribution in [3.05, 3.63) is 29.8 Å². The van der Waals surface area contributed by atoms with Crippen molar-refractivity contribution >= 4 is 12.4 Å². The molecule has 1 fully saturated rings. The van der Waals surface area contributed by atoms with Crippen LogP contribution in [-0.4, -0.2) is 24.9 Å². The Labute approximate surface area is 102 Å². The highest BCUT2D eigenvalue weighted by Gasteiger charge is 2.23. The average Bonchev–Trinajstić information content (AvgIpc) is 2.30. The number of halogens is 1. The van der Waals surface area contributed by atoms with Gasteiger partial charge in [0.25, 0.3) is 0 Å². The molecule has 0 aliphatic carbocycles. The first-order valence-corrected chi connectivity index (χ1v) is 5.36. The molecule has 0 bridgehead atoms. The highest BCUT2D eigenvalue weighted by Crippen LogP contribution is 2.24. The van der Waals surface area contributed by atoms with Crippen LogP contribution in [0.3, 0.4) is 0 Å². The first-order valence-electron chi connectivity index (χ1n) is 5.36. The minimum atomic E-state index is -0.271. The van der Waals surface area contributed by atoms with E-state index in [0.29, 0.717) is 0 Å². The highest BCUT2D eigenvalue weighted by atomic mass is 35.5. The lowest BCUT2D eigenvalue weighted by molar-refractivity contribution is 0.0965. The second-order valence-corrected chi connectivity index (χ2v) is 3.91. The molecule has 1 aliphatic rings. The SMILES string of the molecule is COc1ccc(C2NCCCC2O)cc1.Cl. The van der Waals surface area contributed by atoms with Gasteiger partial charge in [-0.15, -0.1) is 12.4 Å². The average molecular weight is 244 g/mol. The number of ether oxygens (including phenoxy) is 1. The summed E-state index contributed by atoms with van der Waals surface area (Å²) in [4.78, 5) is 0. The Balaban J connectivity index is 0.00000128. The van der Waals surface area contributed by atoms with Gasteiger partial charge in [-0.05, 0) is 37.1 Å². The van der Waals surface area contributed by atoms with Crippen LogP contribution in [0.2, 0.25) is 0 Å². The molecule has 2 atom stereocenters. The third-order valence-electron chi connectivity index (χ3n) is 2.90. The molecule has 1 aromatic rings. The van der Waals surface area contributed by atoms with E-state index in [1.54, 1.807) is 7.11 Å². The molecular formula is C12H18ClNO2. The zero-order valence-corrected chi connectivity index (χ0v) is 10.2. The number of hydrogen-bond donors (Lipinski definition) is 2. The summed E-state index contributed by atoms with van der Waals surface area (Å²) in [6.45, 7) is 0.980. The maximum Gasteiger partial charge on any atom is 0.118 e. The lowest BCUT2D eigenvalue weighted by atomic mass is 9.95. The number of benzene rings is 1. The molecule has 90 valence electrons. The third-order valence-corrected chi connectivity index (χ3v) is 2.90. The van der Waals surface area contributed by atoms with E-state index in [0.717, 1.165) is 30.7 Å². The van der Waals surface area contributed by atoms with Crippen molar-refractivity contribution < 1.29 is 9.84 Å². The molecule has 4 heteroatoms. The van der Waals surface area contributed by atoms with Gasteiger partial charge in [0.1, 0.15) is 5.75 Å². The van der Waals surface area contributed by atoms with Crippen molar-refractivity contribution in [1.82, 2.24) is 5.32 Å². The summed E-state index contributed by atoms with van der Waals surface area (Å²) < 4.78 is 5.10. The van der Waals surface area contributed by atoms with E-state index in [1.165, 1.54) is 0 Å². The number of aliphatic hydroxyl groups is 1. The molecule has 2 N–H and O–H groups in total. The standard InChI is InChI=1S/C12H17NO2.ClH/c1-15-10-6-4-9(5-7-10)12-11(14)3-2-8-13-12;/h4-7,11-14H,2-3,8H2,1H3;1H. The minimum Gasteiger partial charge on any atom is -0.497 e. The quantitative estimate of drug-likeness (QED) is 0.834. The van der Waals surface area contributed by atoms with E-state index < -0.39 is 0 Å². The van der Waals surface area contributed by atoms with Gasteiger partial charge in [0.15, 0.2) is 0 Å². The number of aliphatic hydroxyl groups excluding tert-OH is 1. The van der Waals surface area contributed by atoms with Gasteiger partial charge in [-0.2, -0.15) is 0 Å². The Morgan fingerprint density at radius 1 is 1.31 bits per heavy atom. The minimum absolute atomic E-state index is 0. The first kappa shape index (κ1) is 13.3. The Morgan fingerprint density at radius 3 is 2.56 bits per heavy atom. The van der Waals surface area contributed by atoms with Gasteiger partial charge in [0.2, 0.25) is 0 Å². The van der Waals surface area contributed by atoms with Crippen LogP contribution in [0.25, 0.3) is 0 Å². The summed E-state index contributed by atoms with van der Waals surface area (Å²) in [6, 6.07) is 7.94. The Hall–Kier alpha value is -0.770. The van der Waals surface area contributed by atoms with Crippen LogP contribution >= 0.6 is 12.4 Å². The van der Waals surface area contributed by atoms with E-state index >= 15 is 0 Å². The second kappa shape index (κ2) is 6.09. The van der Waals surface area contributed by atoms with Crippen molar-refractivity contribution in [1.29, 1.82) is 0 Å². The van der Waals surface area contributed by atoms with Crippen molar-refractivity contribution in [2.75, 3.05) is 13.7 Å². The maximum absolute atomic E-state index is 9.86. The Bertz CT molecular complexity index is 315. The second-order valence-electron chi connectivity index (χ2n) is 3.91. The van der Waals surface area contributed by atoms with E-state index in [4.69, 9.17) is 4.74 Å². The lowest BCUT2D eigenvalue weighted by Crippen LogP contribution is -2.37. The summed E-state index contributed by atoms with van der Waals surface area (Å²) >= 11 is 0. The Morgan fingerprint density at radius 2 is 2.00 bits per heavy atom. The molecule has 2 unspecified atom stereocenters. The molecule has 1 aliphatic heterocycles. The van der Waals surface area contributed by atoms with Crippen LogP contribution < -0.4 is 10.1 Å². The summed E-state index contributed by atoms with van der Waals surface area (Å²) in [7, 11) is 1.66. The van der Waals surface area contributed by atoms with Gasteiger partial charge >= 0.3 is 0 Å². The Kier molecular flexibility index (Phi) is 5.06. The van der Waals surface area contributed by atoms with Crippen molar-refractivity contribution in [2.24, 2.45) is 0 Å². The topological polar surface area (TPSA) is 41.5 Å². The van der Waals surface area contributed by atoms with Crippen molar-refractivity contribution in [2.45, 2.75) is 25.0 Å². The summed E-state index contributed by atoms with van der Waals surface area (Å²) in [5.41, 5.74) is 1.13.